The zero-order valence-electron chi connectivity index (χ0n) is 17.7. The standard InChI is InChI=1S/C24H29N3O4/c1-2-17-15-19(20-9-8-18-12-13-25-21(18)16-20)10-11-22(17)27(24(29)30)14-6-4-3-5-7-23(28)26-31/h8-13,15-16,25,31H,2-7,14H2,1H3,(H,26,28)(H,29,30). The molecule has 0 spiro atoms. The van der Waals surface area contributed by atoms with Crippen molar-refractivity contribution in [3.05, 3.63) is 54.2 Å². The Balaban J connectivity index is 1.69. The van der Waals surface area contributed by atoms with Gasteiger partial charge in [-0.3, -0.25) is 14.9 Å². The molecular formula is C24H29N3O4. The molecule has 3 rings (SSSR count). The molecule has 31 heavy (non-hydrogen) atoms. The van der Waals surface area contributed by atoms with Crippen LogP contribution in [-0.2, 0) is 11.2 Å². The van der Waals surface area contributed by atoms with E-state index < -0.39 is 12.0 Å². The molecule has 7 nitrogen and oxygen atoms in total. The van der Waals surface area contributed by atoms with Crippen LogP contribution in [0, 0.1) is 0 Å². The van der Waals surface area contributed by atoms with Gasteiger partial charge < -0.3 is 10.1 Å². The van der Waals surface area contributed by atoms with Gasteiger partial charge in [0.05, 0.1) is 5.69 Å². The summed E-state index contributed by atoms with van der Waals surface area (Å²) in [4.78, 5) is 27.6. The maximum absolute atomic E-state index is 11.9. The lowest BCUT2D eigenvalue weighted by atomic mass is 9.99. The number of aryl methyl sites for hydroxylation is 1. The minimum absolute atomic E-state index is 0.273. The van der Waals surface area contributed by atoms with Crippen molar-refractivity contribution >= 4 is 28.6 Å². The third kappa shape index (κ3) is 5.64. The van der Waals surface area contributed by atoms with E-state index in [0.717, 1.165) is 52.5 Å². The molecule has 2 aromatic carbocycles. The van der Waals surface area contributed by atoms with Gasteiger partial charge in [-0.1, -0.05) is 38.0 Å². The Kier molecular flexibility index (Phi) is 7.67. The number of hydrogen-bond donors (Lipinski definition) is 4. The smallest absolute Gasteiger partial charge is 0.411 e. The Bertz CT molecular complexity index is 1040. The third-order valence-electron chi connectivity index (χ3n) is 5.53. The van der Waals surface area contributed by atoms with Crippen LogP contribution in [0.15, 0.2) is 48.7 Å². The van der Waals surface area contributed by atoms with Crippen molar-refractivity contribution in [2.24, 2.45) is 0 Å². The Morgan fingerprint density at radius 1 is 1.00 bits per heavy atom. The van der Waals surface area contributed by atoms with Crippen LogP contribution in [-0.4, -0.2) is 33.8 Å². The normalized spacial score (nSPS) is 10.9. The number of nitrogens with zero attached hydrogens (tertiary/aromatic N) is 1. The van der Waals surface area contributed by atoms with E-state index >= 15 is 0 Å². The quantitative estimate of drug-likeness (QED) is 0.201. The van der Waals surface area contributed by atoms with E-state index in [4.69, 9.17) is 5.21 Å². The number of amides is 2. The number of anilines is 1. The highest BCUT2D eigenvalue weighted by atomic mass is 16.5. The number of carboxylic acid groups (broad SMARTS) is 1. The predicted octanol–water partition coefficient (Wildman–Crippen LogP) is 5.34. The van der Waals surface area contributed by atoms with Crippen LogP contribution in [0.4, 0.5) is 10.5 Å². The second kappa shape index (κ2) is 10.6. The summed E-state index contributed by atoms with van der Waals surface area (Å²) in [7, 11) is 0. The molecule has 4 N–H and O–H groups in total. The molecule has 1 aromatic heterocycles. The molecule has 1 heterocycles. The molecule has 3 aromatic rings. The summed E-state index contributed by atoms with van der Waals surface area (Å²) in [6, 6.07) is 14.2. The summed E-state index contributed by atoms with van der Waals surface area (Å²) in [5.74, 6) is -0.393. The maximum atomic E-state index is 11.9. The molecule has 2 amide bonds. The number of carbonyl (C=O) groups excluding carboxylic acids is 1. The zero-order chi connectivity index (χ0) is 22.2. The largest absolute Gasteiger partial charge is 0.465 e. The van der Waals surface area contributed by atoms with Crippen molar-refractivity contribution in [3.8, 4) is 11.1 Å². The third-order valence-corrected chi connectivity index (χ3v) is 5.53. The first-order chi connectivity index (χ1) is 15.0. The van der Waals surface area contributed by atoms with E-state index in [1.807, 2.05) is 31.3 Å². The van der Waals surface area contributed by atoms with Crippen LogP contribution in [0.5, 0.6) is 0 Å². The summed E-state index contributed by atoms with van der Waals surface area (Å²) >= 11 is 0. The molecule has 0 fully saturated rings. The molecule has 7 heteroatoms. The van der Waals surface area contributed by atoms with Crippen molar-refractivity contribution in [1.82, 2.24) is 10.5 Å². The Morgan fingerprint density at radius 2 is 1.74 bits per heavy atom. The van der Waals surface area contributed by atoms with Crippen molar-refractivity contribution < 1.29 is 19.9 Å². The number of hydroxylamine groups is 1. The topological polar surface area (TPSA) is 106 Å². The number of hydrogen-bond acceptors (Lipinski definition) is 3. The number of H-pyrrole nitrogens is 1. The van der Waals surface area contributed by atoms with E-state index in [0.29, 0.717) is 19.4 Å². The molecule has 0 aliphatic rings. The fourth-order valence-corrected chi connectivity index (χ4v) is 3.82. The average Bonchev–Trinajstić information content (AvgIpc) is 3.25. The minimum atomic E-state index is -0.963. The number of benzene rings is 2. The number of fused-ring (bicyclic) bond motifs is 1. The molecule has 0 unspecified atom stereocenters. The van der Waals surface area contributed by atoms with Gasteiger partial charge in [-0.25, -0.2) is 10.3 Å². The van der Waals surface area contributed by atoms with Crippen molar-refractivity contribution in [2.75, 3.05) is 11.4 Å². The number of aromatic amines is 1. The summed E-state index contributed by atoms with van der Waals surface area (Å²) in [6.45, 7) is 2.44. The van der Waals surface area contributed by atoms with Crippen molar-refractivity contribution in [1.29, 1.82) is 0 Å². The highest BCUT2D eigenvalue weighted by Crippen LogP contribution is 2.30. The molecule has 0 bridgehead atoms. The van der Waals surface area contributed by atoms with Crippen molar-refractivity contribution in [2.45, 2.75) is 45.4 Å². The van der Waals surface area contributed by atoms with Gasteiger partial charge in [0, 0.05) is 24.7 Å². The Morgan fingerprint density at radius 3 is 2.48 bits per heavy atom. The molecule has 0 radical (unpaired) electrons. The lowest BCUT2D eigenvalue weighted by Gasteiger charge is -2.23. The van der Waals surface area contributed by atoms with E-state index in [-0.39, 0.29) is 6.42 Å². The highest BCUT2D eigenvalue weighted by Gasteiger charge is 2.17. The van der Waals surface area contributed by atoms with Gasteiger partial charge in [0.2, 0.25) is 5.91 Å². The van der Waals surface area contributed by atoms with Crippen LogP contribution in [0.25, 0.3) is 22.0 Å². The first kappa shape index (κ1) is 22.4. The van der Waals surface area contributed by atoms with Gasteiger partial charge in [-0.05, 0) is 65.6 Å². The Hall–Kier alpha value is -3.32. The number of unbranched alkanes of at least 4 members (excludes halogenated alkanes) is 3. The van der Waals surface area contributed by atoms with Crippen LogP contribution < -0.4 is 10.4 Å². The molecule has 0 atom stereocenters. The molecule has 0 saturated heterocycles. The van der Waals surface area contributed by atoms with Gasteiger partial charge >= 0.3 is 6.09 Å². The number of rotatable bonds is 10. The second-order valence-electron chi connectivity index (χ2n) is 7.61. The van der Waals surface area contributed by atoms with E-state index in [9.17, 15) is 14.7 Å². The monoisotopic (exact) mass is 423 g/mol. The first-order valence-electron chi connectivity index (χ1n) is 10.7. The van der Waals surface area contributed by atoms with Crippen molar-refractivity contribution in [3.63, 3.8) is 0 Å². The Labute approximate surface area is 181 Å². The van der Waals surface area contributed by atoms with Gasteiger partial charge in [0.25, 0.3) is 0 Å². The average molecular weight is 424 g/mol. The minimum Gasteiger partial charge on any atom is -0.465 e. The zero-order valence-corrected chi connectivity index (χ0v) is 17.7. The van der Waals surface area contributed by atoms with Gasteiger partial charge in [-0.15, -0.1) is 0 Å². The number of nitrogens with one attached hydrogen (secondary N) is 2. The predicted molar refractivity (Wildman–Crippen MR) is 121 cm³/mol. The molecule has 0 aliphatic carbocycles. The maximum Gasteiger partial charge on any atom is 0.411 e. The summed E-state index contributed by atoms with van der Waals surface area (Å²) < 4.78 is 0. The lowest BCUT2D eigenvalue weighted by molar-refractivity contribution is -0.129. The van der Waals surface area contributed by atoms with Crippen LogP contribution >= 0.6 is 0 Å². The summed E-state index contributed by atoms with van der Waals surface area (Å²) in [5, 5.41) is 19.4. The van der Waals surface area contributed by atoms with E-state index in [1.54, 1.807) is 5.48 Å². The summed E-state index contributed by atoms with van der Waals surface area (Å²) in [5.41, 5.74) is 6.55. The van der Waals surface area contributed by atoms with E-state index in [2.05, 4.69) is 29.2 Å². The fourth-order valence-electron chi connectivity index (χ4n) is 3.82. The number of carbonyl (C=O) groups is 2. The summed E-state index contributed by atoms with van der Waals surface area (Å²) in [6.07, 6.45) is 4.96. The van der Waals surface area contributed by atoms with Gasteiger partial charge in [0.1, 0.15) is 0 Å². The van der Waals surface area contributed by atoms with Crippen LogP contribution in [0.2, 0.25) is 0 Å². The number of aromatic nitrogens is 1. The van der Waals surface area contributed by atoms with Crippen LogP contribution in [0.1, 0.15) is 44.6 Å². The molecule has 164 valence electrons. The lowest BCUT2D eigenvalue weighted by Crippen LogP contribution is -2.31. The van der Waals surface area contributed by atoms with Gasteiger partial charge in [0.15, 0.2) is 0 Å². The second-order valence-corrected chi connectivity index (χ2v) is 7.61. The highest BCUT2D eigenvalue weighted by molar-refractivity contribution is 5.89. The molecular weight excluding hydrogens is 394 g/mol. The first-order valence-corrected chi connectivity index (χ1v) is 10.7. The van der Waals surface area contributed by atoms with E-state index in [1.165, 1.54) is 4.90 Å². The fraction of sp³-hybridized carbons (Fsp3) is 0.333. The molecule has 0 saturated carbocycles. The van der Waals surface area contributed by atoms with Gasteiger partial charge in [-0.2, -0.15) is 0 Å². The van der Waals surface area contributed by atoms with Crippen LogP contribution in [0.3, 0.4) is 0 Å². The molecule has 0 aliphatic heterocycles. The SMILES string of the molecule is CCc1cc(-c2ccc3cc[nH]c3c2)ccc1N(CCCCCCC(=O)NO)C(=O)O.